The van der Waals surface area contributed by atoms with Gasteiger partial charge in [0.25, 0.3) is 0 Å². The van der Waals surface area contributed by atoms with Crippen molar-refractivity contribution >= 4 is 7.60 Å². The average molecular weight is 435 g/mol. The van der Waals surface area contributed by atoms with Gasteiger partial charge in [0.15, 0.2) is 0 Å². The third-order valence-electron chi connectivity index (χ3n) is 5.36. The van der Waals surface area contributed by atoms with Crippen molar-refractivity contribution in [3.8, 4) is 0 Å². The number of likely N-dealkylation sites (N-methyl/N-ethyl adjacent to an activating group) is 1. The molecule has 0 saturated carbocycles. The van der Waals surface area contributed by atoms with Gasteiger partial charge in [-0.1, -0.05) is 76.9 Å². The van der Waals surface area contributed by atoms with Crippen molar-refractivity contribution < 1.29 is 23.9 Å². The van der Waals surface area contributed by atoms with Gasteiger partial charge in [0.2, 0.25) is 5.34 Å². The van der Waals surface area contributed by atoms with Crippen molar-refractivity contribution in [3.63, 3.8) is 0 Å². The predicted molar refractivity (Wildman–Crippen MR) is 124 cm³/mol. The highest BCUT2D eigenvalue weighted by Gasteiger charge is 2.48. The van der Waals surface area contributed by atoms with Crippen LogP contribution in [0.1, 0.15) is 103 Å². The van der Waals surface area contributed by atoms with Crippen molar-refractivity contribution in [1.29, 1.82) is 0 Å². The fraction of sp³-hybridized carbons (Fsp3) is 0.913. The Hall–Kier alpha value is -0.190. The van der Waals surface area contributed by atoms with Gasteiger partial charge in [0, 0.05) is 0 Å². The Balaban J connectivity index is 3.74. The van der Waals surface area contributed by atoms with E-state index in [2.05, 4.69) is 19.1 Å². The molecule has 174 valence electrons. The number of allylic oxidation sites excluding steroid dienone is 2. The maximum Gasteiger partial charge on any atom is 0.362 e. The molecule has 0 aliphatic carbocycles. The quantitative estimate of drug-likeness (QED) is 0.101. The van der Waals surface area contributed by atoms with Crippen LogP contribution < -0.4 is 0 Å². The summed E-state index contributed by atoms with van der Waals surface area (Å²) in [5.41, 5.74) is 0. The largest absolute Gasteiger partial charge is 0.373 e. The molecule has 6 heteroatoms. The molecular formula is C23H49NO4P+. The summed E-state index contributed by atoms with van der Waals surface area (Å²) in [5.74, 6) is 0. The van der Waals surface area contributed by atoms with Crippen LogP contribution in [0.15, 0.2) is 12.2 Å². The Labute approximate surface area is 180 Å². The van der Waals surface area contributed by atoms with Gasteiger partial charge in [-0.3, -0.25) is 4.57 Å². The third kappa shape index (κ3) is 16.2. The highest BCUT2D eigenvalue weighted by molar-refractivity contribution is 7.53. The van der Waals surface area contributed by atoms with E-state index in [1.54, 1.807) is 0 Å². The highest BCUT2D eigenvalue weighted by Crippen LogP contribution is 2.52. The molecular weight excluding hydrogens is 385 g/mol. The minimum Gasteiger partial charge on any atom is -0.373 e. The Kier molecular flexibility index (Phi) is 15.5. The van der Waals surface area contributed by atoms with Gasteiger partial charge in [-0.15, -0.1) is 0 Å². The molecule has 0 spiro atoms. The Morgan fingerprint density at radius 3 is 1.59 bits per heavy atom. The van der Waals surface area contributed by atoms with Crippen LogP contribution in [0.3, 0.4) is 0 Å². The summed E-state index contributed by atoms with van der Waals surface area (Å²) in [5, 5.41) is 8.59. The van der Waals surface area contributed by atoms with Crippen molar-refractivity contribution in [2.24, 2.45) is 0 Å². The summed E-state index contributed by atoms with van der Waals surface area (Å²) >= 11 is 0. The molecule has 1 unspecified atom stereocenters. The molecule has 0 aromatic carbocycles. The molecule has 0 heterocycles. The molecule has 3 N–H and O–H groups in total. The van der Waals surface area contributed by atoms with Crippen molar-refractivity contribution in [3.05, 3.63) is 12.2 Å². The number of nitrogens with zero attached hydrogens (tertiary/aromatic N) is 1. The van der Waals surface area contributed by atoms with Gasteiger partial charge in [-0.05, 0) is 38.5 Å². The lowest BCUT2D eigenvalue weighted by Crippen LogP contribution is -2.49. The molecule has 0 amide bonds. The Bertz CT molecular complexity index is 470. The maximum absolute atomic E-state index is 11.7. The second-order valence-corrected chi connectivity index (χ2v) is 11.6. The van der Waals surface area contributed by atoms with E-state index in [1.807, 2.05) is 21.1 Å². The minimum atomic E-state index is -4.55. The predicted octanol–water partition coefficient (Wildman–Crippen LogP) is 5.99. The van der Waals surface area contributed by atoms with Crippen LogP contribution in [0.5, 0.6) is 0 Å². The highest BCUT2D eigenvalue weighted by atomic mass is 31.2. The van der Waals surface area contributed by atoms with Gasteiger partial charge in [-0.2, -0.15) is 0 Å². The molecule has 0 radical (unpaired) electrons. The summed E-state index contributed by atoms with van der Waals surface area (Å²) in [6.45, 7) is 2.31. The first-order chi connectivity index (χ1) is 13.5. The second-order valence-electron chi connectivity index (χ2n) is 9.66. The Morgan fingerprint density at radius 1 is 0.759 bits per heavy atom. The van der Waals surface area contributed by atoms with Crippen molar-refractivity contribution in [2.45, 2.75) is 109 Å². The Morgan fingerprint density at radius 2 is 1.17 bits per heavy atom. The molecule has 0 fully saturated rings. The zero-order valence-electron chi connectivity index (χ0n) is 19.6. The fourth-order valence-corrected chi connectivity index (χ4v) is 4.79. The number of hydrogen-bond acceptors (Lipinski definition) is 2. The van der Waals surface area contributed by atoms with Crippen LogP contribution in [0, 0.1) is 0 Å². The molecule has 29 heavy (non-hydrogen) atoms. The average Bonchev–Trinajstić information content (AvgIpc) is 2.59. The SMILES string of the molecule is CCCCCCCCCCC/C=C\CCCCCC(O)(C[N+](C)(C)C)P(=O)(O)O. The number of rotatable bonds is 19. The number of quaternary nitrogens is 1. The molecule has 0 bridgehead atoms. The topological polar surface area (TPSA) is 77.8 Å². The van der Waals surface area contributed by atoms with E-state index in [9.17, 15) is 19.5 Å². The molecule has 0 aliphatic heterocycles. The van der Waals surface area contributed by atoms with E-state index in [0.29, 0.717) is 10.9 Å². The molecule has 0 aliphatic rings. The summed E-state index contributed by atoms with van der Waals surface area (Å²) in [7, 11) is 0.949. The van der Waals surface area contributed by atoms with Gasteiger partial charge in [-0.25, -0.2) is 0 Å². The van der Waals surface area contributed by atoms with E-state index < -0.39 is 12.9 Å². The van der Waals surface area contributed by atoms with Crippen LogP contribution >= 0.6 is 7.60 Å². The lowest BCUT2D eigenvalue weighted by molar-refractivity contribution is -0.875. The van der Waals surface area contributed by atoms with Crippen LogP contribution in [0.25, 0.3) is 0 Å². The van der Waals surface area contributed by atoms with E-state index in [0.717, 1.165) is 25.7 Å². The van der Waals surface area contributed by atoms with Crippen LogP contribution in [0.2, 0.25) is 0 Å². The monoisotopic (exact) mass is 434 g/mol. The molecule has 0 saturated heterocycles. The standard InChI is InChI=1S/C23H48NO4P/c1-5-6-7-8-9-10-11-12-13-14-15-16-17-18-19-20-21-23(25,29(26,27)28)22-24(2,3)4/h15-16,25H,5-14,17-22H2,1-4H3,(H-,26,27,28)/p+1/b16-15-. The summed E-state index contributed by atoms with van der Waals surface area (Å²) in [6.07, 6.45) is 21.5. The first kappa shape index (κ1) is 28.8. The normalized spacial score (nSPS) is 15.1. The van der Waals surface area contributed by atoms with Gasteiger partial charge in [0.05, 0.1) is 21.1 Å². The van der Waals surface area contributed by atoms with Crippen molar-refractivity contribution in [1.82, 2.24) is 0 Å². The summed E-state index contributed by atoms with van der Waals surface area (Å²) < 4.78 is 12.1. The lowest BCUT2D eigenvalue weighted by Gasteiger charge is -2.35. The first-order valence-electron chi connectivity index (χ1n) is 11.8. The van der Waals surface area contributed by atoms with Crippen LogP contribution in [-0.2, 0) is 4.57 Å². The number of unbranched alkanes of at least 4 members (excludes halogenated alkanes) is 12. The molecule has 0 rings (SSSR count). The fourth-order valence-electron chi connectivity index (χ4n) is 3.73. The maximum atomic E-state index is 11.7. The third-order valence-corrected chi connectivity index (χ3v) is 6.81. The molecule has 0 aromatic heterocycles. The second kappa shape index (κ2) is 15.6. The van der Waals surface area contributed by atoms with Crippen LogP contribution in [-0.4, -0.2) is 52.4 Å². The zero-order valence-corrected chi connectivity index (χ0v) is 20.5. The molecule has 0 aromatic rings. The smallest absolute Gasteiger partial charge is 0.362 e. The van der Waals surface area contributed by atoms with E-state index in [1.165, 1.54) is 57.8 Å². The first-order valence-corrected chi connectivity index (χ1v) is 13.4. The number of aliphatic hydroxyl groups is 1. The van der Waals surface area contributed by atoms with E-state index in [-0.39, 0.29) is 13.0 Å². The van der Waals surface area contributed by atoms with Gasteiger partial charge < -0.3 is 19.4 Å². The molecule has 1 atom stereocenters. The zero-order chi connectivity index (χ0) is 22.2. The van der Waals surface area contributed by atoms with E-state index >= 15 is 0 Å². The number of hydrogen-bond donors (Lipinski definition) is 3. The summed E-state index contributed by atoms with van der Waals surface area (Å²) in [4.78, 5) is 19.1. The molecule has 5 nitrogen and oxygen atoms in total. The van der Waals surface area contributed by atoms with E-state index in [4.69, 9.17) is 0 Å². The summed E-state index contributed by atoms with van der Waals surface area (Å²) in [6, 6.07) is 0. The van der Waals surface area contributed by atoms with Gasteiger partial charge in [0.1, 0.15) is 6.54 Å². The minimum absolute atomic E-state index is 0.0515. The lowest BCUT2D eigenvalue weighted by atomic mass is 10.1. The van der Waals surface area contributed by atoms with Crippen molar-refractivity contribution in [2.75, 3.05) is 27.7 Å². The van der Waals surface area contributed by atoms with Crippen LogP contribution in [0.4, 0.5) is 0 Å². The van der Waals surface area contributed by atoms with Gasteiger partial charge >= 0.3 is 7.60 Å².